The second kappa shape index (κ2) is 4.22. The maximum Gasteiger partial charge on any atom is 0.202 e. The minimum atomic E-state index is -2.94. The van der Waals surface area contributed by atoms with E-state index in [0.29, 0.717) is 11.0 Å². The summed E-state index contributed by atoms with van der Waals surface area (Å²) in [6.07, 6.45) is 1.22. The Hall–Kier alpha value is -0.690. The summed E-state index contributed by atoms with van der Waals surface area (Å²) in [6.45, 7) is 3.60. The lowest BCUT2D eigenvalue weighted by Crippen LogP contribution is -2.24. The van der Waals surface area contributed by atoms with Gasteiger partial charge in [0.2, 0.25) is 5.13 Å². The zero-order valence-corrected chi connectivity index (χ0v) is 9.94. The van der Waals surface area contributed by atoms with Crippen LogP contribution in [0.3, 0.4) is 0 Å². The molecule has 1 heterocycles. The largest absolute Gasteiger partial charge is 0.357 e. The van der Waals surface area contributed by atoms with Gasteiger partial charge >= 0.3 is 0 Å². The molecule has 0 spiro atoms. The lowest BCUT2D eigenvalue weighted by Gasteiger charge is -2.10. The van der Waals surface area contributed by atoms with Crippen molar-refractivity contribution >= 4 is 26.5 Å². The van der Waals surface area contributed by atoms with E-state index in [9.17, 15) is 8.42 Å². The number of aromatic nitrogens is 2. The lowest BCUT2D eigenvalue weighted by atomic mass is 10.4. The fraction of sp³-hybridized carbons (Fsp3) is 0.714. The summed E-state index contributed by atoms with van der Waals surface area (Å²) < 4.78 is 25.9. The molecule has 0 aliphatic carbocycles. The van der Waals surface area contributed by atoms with Crippen LogP contribution in [-0.2, 0) is 9.84 Å². The number of nitrogens with one attached hydrogen (secondary N) is 1. The SMILES string of the molecule is Cc1nsc(NC(C)CS(C)(=O)=O)n1. The number of aryl methyl sites for hydroxylation is 1. The highest BCUT2D eigenvalue weighted by molar-refractivity contribution is 7.90. The summed E-state index contributed by atoms with van der Waals surface area (Å²) >= 11 is 1.24. The van der Waals surface area contributed by atoms with Crippen molar-refractivity contribution in [1.82, 2.24) is 9.36 Å². The van der Waals surface area contributed by atoms with Crippen LogP contribution in [0.1, 0.15) is 12.7 Å². The van der Waals surface area contributed by atoms with Crippen LogP contribution in [0.25, 0.3) is 0 Å². The van der Waals surface area contributed by atoms with Gasteiger partial charge in [-0.1, -0.05) is 0 Å². The molecule has 0 fully saturated rings. The molecule has 1 aromatic rings. The van der Waals surface area contributed by atoms with E-state index >= 15 is 0 Å². The molecule has 7 heteroatoms. The van der Waals surface area contributed by atoms with Crippen molar-refractivity contribution in [2.45, 2.75) is 19.9 Å². The van der Waals surface area contributed by atoms with E-state index in [1.165, 1.54) is 17.8 Å². The quantitative estimate of drug-likeness (QED) is 0.831. The van der Waals surface area contributed by atoms with Crippen molar-refractivity contribution in [3.05, 3.63) is 5.82 Å². The fourth-order valence-corrected chi connectivity index (χ4v) is 2.74. The summed E-state index contributed by atoms with van der Waals surface area (Å²) in [5.41, 5.74) is 0. The normalized spacial score (nSPS) is 13.9. The van der Waals surface area contributed by atoms with Crippen molar-refractivity contribution in [1.29, 1.82) is 0 Å². The minimum absolute atomic E-state index is 0.103. The predicted octanol–water partition coefficient (Wildman–Crippen LogP) is 0.692. The Morgan fingerprint density at radius 3 is 2.64 bits per heavy atom. The Morgan fingerprint density at radius 2 is 2.21 bits per heavy atom. The third-order valence-electron chi connectivity index (χ3n) is 1.45. The molecule has 0 aromatic carbocycles. The molecule has 0 saturated carbocycles. The first-order chi connectivity index (χ1) is 6.37. The van der Waals surface area contributed by atoms with Crippen LogP contribution >= 0.6 is 11.5 Å². The summed E-state index contributed by atoms with van der Waals surface area (Å²) in [7, 11) is -2.94. The number of nitrogens with zero attached hydrogens (tertiary/aromatic N) is 2. The third-order valence-corrected chi connectivity index (χ3v) is 3.29. The molecule has 0 aliphatic rings. The van der Waals surface area contributed by atoms with Gasteiger partial charge in [-0.15, -0.1) is 0 Å². The summed E-state index contributed by atoms with van der Waals surface area (Å²) in [5, 5.41) is 3.65. The molecule has 0 amide bonds. The molecule has 0 saturated heterocycles. The van der Waals surface area contributed by atoms with E-state index in [4.69, 9.17) is 0 Å². The average Bonchev–Trinajstić information content (AvgIpc) is 2.30. The monoisotopic (exact) mass is 235 g/mol. The highest BCUT2D eigenvalue weighted by Gasteiger charge is 2.11. The maximum atomic E-state index is 11.0. The van der Waals surface area contributed by atoms with Crippen molar-refractivity contribution in [3.8, 4) is 0 Å². The first kappa shape index (κ1) is 11.4. The highest BCUT2D eigenvalue weighted by atomic mass is 32.2. The molecule has 0 bridgehead atoms. The minimum Gasteiger partial charge on any atom is -0.357 e. The summed E-state index contributed by atoms with van der Waals surface area (Å²) in [4.78, 5) is 4.08. The Morgan fingerprint density at radius 1 is 1.57 bits per heavy atom. The topological polar surface area (TPSA) is 72.0 Å². The van der Waals surface area contributed by atoms with Gasteiger partial charge in [0.1, 0.15) is 15.7 Å². The number of hydrogen-bond donors (Lipinski definition) is 1. The standard InChI is InChI=1S/C7H13N3O2S2/c1-5(4-14(3,11)12)8-7-9-6(2)10-13-7/h5H,4H2,1-3H3,(H,8,9,10). The summed E-state index contributed by atoms with van der Waals surface area (Å²) in [6, 6.07) is -0.141. The van der Waals surface area contributed by atoms with Gasteiger partial charge in [0.25, 0.3) is 0 Å². The fourth-order valence-electron chi connectivity index (χ4n) is 1.06. The first-order valence-corrected chi connectivity index (χ1v) is 6.95. The molecule has 0 radical (unpaired) electrons. The second-order valence-electron chi connectivity index (χ2n) is 3.28. The zero-order valence-electron chi connectivity index (χ0n) is 8.31. The molecular weight excluding hydrogens is 222 g/mol. The molecule has 14 heavy (non-hydrogen) atoms. The van der Waals surface area contributed by atoms with Gasteiger partial charge in [-0.25, -0.2) is 13.4 Å². The number of hydrogen-bond acceptors (Lipinski definition) is 6. The predicted molar refractivity (Wildman–Crippen MR) is 57.4 cm³/mol. The van der Waals surface area contributed by atoms with Crippen LogP contribution < -0.4 is 5.32 Å². The van der Waals surface area contributed by atoms with Gasteiger partial charge in [-0.3, -0.25) is 0 Å². The maximum absolute atomic E-state index is 11.0. The number of anilines is 1. The van der Waals surface area contributed by atoms with E-state index in [0.717, 1.165) is 0 Å². The molecule has 1 atom stereocenters. The zero-order chi connectivity index (χ0) is 10.8. The van der Waals surface area contributed by atoms with E-state index < -0.39 is 9.84 Å². The number of sulfone groups is 1. The Labute approximate surface area is 87.7 Å². The van der Waals surface area contributed by atoms with Gasteiger partial charge in [0.05, 0.1) is 5.75 Å². The highest BCUT2D eigenvalue weighted by Crippen LogP contribution is 2.11. The molecule has 1 unspecified atom stereocenters. The Balaban J connectivity index is 2.53. The summed E-state index contributed by atoms with van der Waals surface area (Å²) in [5.74, 6) is 0.801. The van der Waals surface area contributed by atoms with Gasteiger partial charge in [0.15, 0.2) is 0 Å². The van der Waals surface area contributed by atoms with Crippen LogP contribution in [0.5, 0.6) is 0 Å². The molecule has 1 rings (SSSR count). The molecule has 0 aliphatic heterocycles. The molecule has 5 nitrogen and oxygen atoms in total. The van der Waals surface area contributed by atoms with Crippen molar-refractivity contribution < 1.29 is 8.42 Å². The van der Waals surface area contributed by atoms with Crippen molar-refractivity contribution in [3.63, 3.8) is 0 Å². The lowest BCUT2D eigenvalue weighted by molar-refractivity contribution is 0.598. The van der Waals surface area contributed by atoms with E-state index in [1.54, 1.807) is 13.8 Å². The van der Waals surface area contributed by atoms with E-state index in [2.05, 4.69) is 14.7 Å². The van der Waals surface area contributed by atoms with Gasteiger partial charge in [-0.2, -0.15) is 4.37 Å². The van der Waals surface area contributed by atoms with Gasteiger partial charge in [0, 0.05) is 23.8 Å². The Bertz CT molecular complexity index is 399. The third kappa shape index (κ3) is 4.01. The van der Waals surface area contributed by atoms with Crippen LogP contribution in [0.15, 0.2) is 0 Å². The van der Waals surface area contributed by atoms with E-state index in [-0.39, 0.29) is 11.8 Å². The second-order valence-corrected chi connectivity index (χ2v) is 6.22. The molecule has 1 N–H and O–H groups in total. The number of rotatable bonds is 4. The van der Waals surface area contributed by atoms with Crippen LogP contribution in [0, 0.1) is 6.92 Å². The van der Waals surface area contributed by atoms with Crippen LogP contribution in [0.4, 0.5) is 5.13 Å². The Kier molecular flexibility index (Phi) is 3.43. The van der Waals surface area contributed by atoms with E-state index in [1.807, 2.05) is 0 Å². The smallest absolute Gasteiger partial charge is 0.202 e. The van der Waals surface area contributed by atoms with Crippen molar-refractivity contribution in [2.75, 3.05) is 17.3 Å². The molecule has 1 aromatic heterocycles. The first-order valence-electron chi connectivity index (χ1n) is 4.11. The van der Waals surface area contributed by atoms with Crippen LogP contribution in [0.2, 0.25) is 0 Å². The van der Waals surface area contributed by atoms with Gasteiger partial charge < -0.3 is 5.32 Å². The molecular formula is C7H13N3O2S2. The van der Waals surface area contributed by atoms with Gasteiger partial charge in [-0.05, 0) is 13.8 Å². The van der Waals surface area contributed by atoms with Crippen molar-refractivity contribution in [2.24, 2.45) is 0 Å². The molecule has 80 valence electrons. The average molecular weight is 235 g/mol. The van der Waals surface area contributed by atoms with Crippen LogP contribution in [-0.4, -0.2) is 35.8 Å².